The van der Waals surface area contributed by atoms with Gasteiger partial charge in [0.1, 0.15) is 11.6 Å². The van der Waals surface area contributed by atoms with Gasteiger partial charge in [-0.3, -0.25) is 0 Å². The van der Waals surface area contributed by atoms with Crippen molar-refractivity contribution in [2.75, 3.05) is 7.05 Å². The van der Waals surface area contributed by atoms with E-state index in [-0.39, 0.29) is 17.2 Å². The average molecular weight is 295 g/mol. The number of hydrogen-bond acceptors (Lipinski definition) is 3. The van der Waals surface area contributed by atoms with E-state index in [4.69, 9.17) is 0 Å². The molecule has 0 spiro atoms. The molecule has 2 aromatic rings. The third-order valence-electron chi connectivity index (χ3n) is 2.84. The summed E-state index contributed by atoms with van der Waals surface area (Å²) < 4.78 is 38.5. The van der Waals surface area contributed by atoms with E-state index in [0.29, 0.717) is 5.56 Å². The van der Waals surface area contributed by atoms with Crippen molar-refractivity contribution in [2.45, 2.75) is 11.4 Å². The molecule has 106 valence electrons. The molecule has 0 radical (unpaired) electrons. The fourth-order valence-corrected chi connectivity index (χ4v) is 2.94. The molecule has 0 amide bonds. The molecule has 0 saturated heterocycles. The fourth-order valence-electron chi connectivity index (χ4n) is 1.78. The van der Waals surface area contributed by atoms with Crippen LogP contribution < -0.4 is 0 Å². The van der Waals surface area contributed by atoms with Gasteiger partial charge in [-0.1, -0.05) is 12.1 Å². The first-order chi connectivity index (χ1) is 9.39. The van der Waals surface area contributed by atoms with Gasteiger partial charge in [0, 0.05) is 13.6 Å². The van der Waals surface area contributed by atoms with Crippen LogP contribution in [0.1, 0.15) is 5.56 Å². The molecule has 20 heavy (non-hydrogen) atoms. The Morgan fingerprint density at radius 2 is 1.80 bits per heavy atom. The van der Waals surface area contributed by atoms with Crippen LogP contribution in [-0.4, -0.2) is 24.9 Å². The maximum absolute atomic E-state index is 12.8. The zero-order chi connectivity index (χ0) is 14.8. The van der Waals surface area contributed by atoms with Gasteiger partial charge in [0.2, 0.25) is 10.0 Å². The summed E-state index contributed by atoms with van der Waals surface area (Å²) in [6.07, 6.45) is 0. The van der Waals surface area contributed by atoms with Crippen molar-refractivity contribution in [2.24, 2.45) is 0 Å². The Kier molecular flexibility index (Phi) is 4.06. The summed E-state index contributed by atoms with van der Waals surface area (Å²) in [6, 6.07) is 11.0. The molecule has 0 atom stereocenters. The molecule has 0 aliphatic rings. The van der Waals surface area contributed by atoms with E-state index >= 15 is 0 Å². The maximum atomic E-state index is 12.8. The van der Waals surface area contributed by atoms with Gasteiger partial charge in [-0.05, 0) is 42.0 Å². The van der Waals surface area contributed by atoms with E-state index in [1.54, 1.807) is 12.1 Å². The number of nitrogens with zero attached hydrogens (tertiary/aromatic N) is 1. The van der Waals surface area contributed by atoms with Gasteiger partial charge in [0.15, 0.2) is 0 Å². The van der Waals surface area contributed by atoms with Crippen molar-refractivity contribution >= 4 is 10.0 Å². The van der Waals surface area contributed by atoms with Crippen molar-refractivity contribution in [3.8, 4) is 5.75 Å². The molecule has 6 heteroatoms. The summed E-state index contributed by atoms with van der Waals surface area (Å²) in [4.78, 5) is 0.0292. The summed E-state index contributed by atoms with van der Waals surface area (Å²) in [5.41, 5.74) is 0.665. The van der Waals surface area contributed by atoms with Crippen LogP contribution >= 0.6 is 0 Å². The highest BCUT2D eigenvalue weighted by molar-refractivity contribution is 7.89. The molecule has 0 bridgehead atoms. The van der Waals surface area contributed by atoms with Crippen LogP contribution in [0.3, 0.4) is 0 Å². The molecule has 0 aromatic heterocycles. The maximum Gasteiger partial charge on any atom is 0.243 e. The molecule has 0 heterocycles. The number of phenolic OH excluding ortho intramolecular Hbond substituents is 1. The predicted molar refractivity (Wildman–Crippen MR) is 73.2 cm³/mol. The van der Waals surface area contributed by atoms with Gasteiger partial charge < -0.3 is 5.11 Å². The zero-order valence-electron chi connectivity index (χ0n) is 10.8. The van der Waals surface area contributed by atoms with Crippen molar-refractivity contribution in [3.63, 3.8) is 0 Å². The number of halogens is 1. The minimum Gasteiger partial charge on any atom is -0.508 e. The lowest BCUT2D eigenvalue weighted by Gasteiger charge is -2.17. The largest absolute Gasteiger partial charge is 0.508 e. The first kappa shape index (κ1) is 14.5. The van der Waals surface area contributed by atoms with Gasteiger partial charge >= 0.3 is 0 Å². The molecule has 1 N–H and O–H groups in total. The SMILES string of the molecule is CN(Cc1cccc(O)c1)S(=O)(=O)c1ccc(F)cc1. The summed E-state index contributed by atoms with van der Waals surface area (Å²) in [6.45, 7) is 0.119. The molecular formula is C14H14FNO3S. The van der Waals surface area contributed by atoms with E-state index in [2.05, 4.69) is 0 Å². The van der Waals surface area contributed by atoms with Crippen molar-refractivity contribution in [3.05, 3.63) is 59.9 Å². The van der Waals surface area contributed by atoms with E-state index in [0.717, 1.165) is 16.4 Å². The first-order valence-corrected chi connectivity index (χ1v) is 7.33. The van der Waals surface area contributed by atoms with Gasteiger partial charge in [-0.2, -0.15) is 4.31 Å². The summed E-state index contributed by atoms with van der Waals surface area (Å²) in [7, 11) is -2.25. The van der Waals surface area contributed by atoms with Crippen LogP contribution in [0, 0.1) is 5.82 Å². The van der Waals surface area contributed by atoms with E-state index < -0.39 is 15.8 Å². The first-order valence-electron chi connectivity index (χ1n) is 5.89. The van der Waals surface area contributed by atoms with Crippen LogP contribution in [0.25, 0.3) is 0 Å². The molecule has 0 saturated carbocycles. The van der Waals surface area contributed by atoms with Gasteiger partial charge in [0.05, 0.1) is 4.90 Å². The molecule has 2 rings (SSSR count). The molecule has 4 nitrogen and oxygen atoms in total. The van der Waals surface area contributed by atoms with Crippen LogP contribution in [0.15, 0.2) is 53.4 Å². The smallest absolute Gasteiger partial charge is 0.243 e. The second-order valence-electron chi connectivity index (χ2n) is 4.38. The predicted octanol–water partition coefficient (Wildman–Crippen LogP) is 2.35. The van der Waals surface area contributed by atoms with Crippen LogP contribution in [0.2, 0.25) is 0 Å². The van der Waals surface area contributed by atoms with Crippen LogP contribution in [0.4, 0.5) is 4.39 Å². The highest BCUT2D eigenvalue weighted by Gasteiger charge is 2.20. The average Bonchev–Trinajstić information content (AvgIpc) is 2.39. The van der Waals surface area contributed by atoms with E-state index in [9.17, 15) is 17.9 Å². The molecular weight excluding hydrogens is 281 g/mol. The van der Waals surface area contributed by atoms with E-state index in [1.807, 2.05) is 0 Å². The molecule has 0 unspecified atom stereocenters. The Labute approximate surface area is 117 Å². The van der Waals surface area contributed by atoms with E-state index in [1.165, 1.54) is 31.3 Å². The normalized spacial score (nSPS) is 11.8. The lowest BCUT2D eigenvalue weighted by Crippen LogP contribution is -2.26. The lowest BCUT2D eigenvalue weighted by atomic mass is 10.2. The van der Waals surface area contributed by atoms with Gasteiger partial charge in [-0.25, -0.2) is 12.8 Å². The minimum absolute atomic E-state index is 0.0292. The van der Waals surface area contributed by atoms with Gasteiger partial charge in [0.25, 0.3) is 0 Å². The fraction of sp³-hybridized carbons (Fsp3) is 0.143. The monoisotopic (exact) mass is 295 g/mol. The highest BCUT2D eigenvalue weighted by atomic mass is 32.2. The van der Waals surface area contributed by atoms with Crippen LogP contribution in [-0.2, 0) is 16.6 Å². The van der Waals surface area contributed by atoms with Crippen LogP contribution in [0.5, 0.6) is 5.75 Å². The standard InChI is InChI=1S/C14H14FNO3S/c1-16(10-11-3-2-4-13(17)9-11)20(18,19)14-7-5-12(15)6-8-14/h2-9,17H,10H2,1H3. The molecule has 0 aliphatic heterocycles. The third kappa shape index (κ3) is 3.15. The minimum atomic E-state index is -3.68. The van der Waals surface area contributed by atoms with Crippen molar-refractivity contribution in [1.29, 1.82) is 0 Å². The number of benzene rings is 2. The molecule has 0 fully saturated rings. The lowest BCUT2D eigenvalue weighted by molar-refractivity contribution is 0.458. The number of phenols is 1. The Balaban J connectivity index is 2.23. The zero-order valence-corrected chi connectivity index (χ0v) is 11.6. The number of hydrogen-bond donors (Lipinski definition) is 1. The van der Waals surface area contributed by atoms with Gasteiger partial charge in [-0.15, -0.1) is 0 Å². The Morgan fingerprint density at radius 3 is 2.40 bits per heavy atom. The second-order valence-corrected chi connectivity index (χ2v) is 6.43. The number of sulfonamides is 1. The summed E-state index contributed by atoms with van der Waals surface area (Å²) >= 11 is 0. The topological polar surface area (TPSA) is 57.6 Å². The molecule has 0 aliphatic carbocycles. The number of aromatic hydroxyl groups is 1. The summed E-state index contributed by atoms with van der Waals surface area (Å²) in [5, 5.41) is 9.37. The third-order valence-corrected chi connectivity index (χ3v) is 4.66. The van der Waals surface area contributed by atoms with Crippen molar-refractivity contribution < 1.29 is 17.9 Å². The Bertz CT molecular complexity index is 699. The quantitative estimate of drug-likeness (QED) is 0.942. The van der Waals surface area contributed by atoms with Crippen molar-refractivity contribution in [1.82, 2.24) is 4.31 Å². The number of rotatable bonds is 4. The Morgan fingerprint density at radius 1 is 1.15 bits per heavy atom. The summed E-state index contributed by atoms with van der Waals surface area (Å²) in [5.74, 6) is -0.408. The molecule has 2 aromatic carbocycles. The highest BCUT2D eigenvalue weighted by Crippen LogP contribution is 2.18. The second kappa shape index (κ2) is 5.60. The Hall–Kier alpha value is -1.92.